The minimum Gasteiger partial charge on any atom is -0.326 e. The van der Waals surface area contributed by atoms with Crippen molar-refractivity contribution in [3.05, 3.63) is 51.9 Å². The van der Waals surface area contributed by atoms with Crippen LogP contribution in [0.25, 0.3) is 0 Å². The second-order valence-corrected chi connectivity index (χ2v) is 3.43. The van der Waals surface area contributed by atoms with E-state index in [4.69, 9.17) is 0 Å². The van der Waals surface area contributed by atoms with E-state index in [0.29, 0.717) is 5.69 Å². The van der Waals surface area contributed by atoms with Crippen molar-refractivity contribution < 1.29 is 4.92 Å². The Morgan fingerprint density at radius 3 is 2.79 bits per heavy atom. The van der Waals surface area contributed by atoms with Gasteiger partial charge in [-0.25, -0.2) is 0 Å². The van der Waals surface area contributed by atoms with Gasteiger partial charge in [-0.05, 0) is 11.5 Å². The lowest BCUT2D eigenvalue weighted by Crippen LogP contribution is -2.08. The smallest absolute Gasteiger partial charge is 0.292 e. The number of nitro benzene ring substituents is 1. The first-order valence-electron chi connectivity index (χ1n) is 3.96. The van der Waals surface area contributed by atoms with Crippen molar-refractivity contribution in [3.63, 3.8) is 0 Å². The molecule has 0 saturated carbocycles. The zero-order valence-electron chi connectivity index (χ0n) is 7.16. The third kappa shape index (κ3) is 1.58. The van der Waals surface area contributed by atoms with Crippen LogP contribution in [0.5, 0.6) is 0 Å². The van der Waals surface area contributed by atoms with Crippen LogP contribution in [-0.4, -0.2) is 4.92 Å². The number of nitro groups is 1. The number of thioether (sulfide) groups is 1. The van der Waals surface area contributed by atoms with E-state index in [1.807, 2.05) is 11.3 Å². The van der Waals surface area contributed by atoms with Crippen molar-refractivity contribution in [2.24, 2.45) is 0 Å². The van der Waals surface area contributed by atoms with Gasteiger partial charge in [0.25, 0.3) is 5.69 Å². The van der Waals surface area contributed by atoms with Crippen LogP contribution in [0.3, 0.4) is 0 Å². The molecule has 0 spiro atoms. The predicted molar refractivity (Wildman–Crippen MR) is 56.6 cm³/mol. The SMILES string of the molecule is O=[N+]([O-])c1ccccc1N1[CH]SC=C1. The second kappa shape index (κ2) is 3.71. The topological polar surface area (TPSA) is 46.4 Å². The number of benzene rings is 1. The molecule has 4 nitrogen and oxygen atoms in total. The van der Waals surface area contributed by atoms with Gasteiger partial charge in [-0.2, -0.15) is 0 Å². The Balaban J connectivity index is 2.40. The van der Waals surface area contributed by atoms with Gasteiger partial charge >= 0.3 is 0 Å². The molecule has 0 unspecified atom stereocenters. The summed E-state index contributed by atoms with van der Waals surface area (Å²) in [6.07, 6.45) is 1.80. The van der Waals surface area contributed by atoms with E-state index < -0.39 is 0 Å². The maximum atomic E-state index is 10.7. The molecule has 0 saturated heterocycles. The van der Waals surface area contributed by atoms with Crippen LogP contribution in [0.1, 0.15) is 0 Å². The first-order valence-corrected chi connectivity index (χ1v) is 4.90. The zero-order chi connectivity index (χ0) is 9.97. The summed E-state index contributed by atoms with van der Waals surface area (Å²) in [6, 6.07) is 6.67. The molecule has 1 radical (unpaired) electrons. The van der Waals surface area contributed by atoms with Crippen molar-refractivity contribution in [2.75, 3.05) is 4.90 Å². The van der Waals surface area contributed by atoms with Crippen LogP contribution >= 0.6 is 11.8 Å². The molecule has 14 heavy (non-hydrogen) atoms. The second-order valence-electron chi connectivity index (χ2n) is 2.68. The summed E-state index contributed by atoms with van der Waals surface area (Å²) in [5.74, 6) is 1.82. The summed E-state index contributed by atoms with van der Waals surface area (Å²) in [5.41, 5.74) is 0.717. The van der Waals surface area contributed by atoms with Gasteiger partial charge in [0.2, 0.25) is 0 Å². The van der Waals surface area contributed by atoms with E-state index in [1.165, 1.54) is 17.8 Å². The minimum absolute atomic E-state index is 0.121. The third-order valence-electron chi connectivity index (χ3n) is 1.83. The van der Waals surface area contributed by atoms with Gasteiger partial charge in [0.1, 0.15) is 11.6 Å². The Bertz CT molecular complexity index is 392. The number of hydrogen-bond donors (Lipinski definition) is 0. The molecule has 0 amide bonds. The molecule has 0 aliphatic carbocycles. The van der Waals surface area contributed by atoms with Gasteiger partial charge in [-0.15, -0.1) is 11.8 Å². The van der Waals surface area contributed by atoms with Gasteiger partial charge in [-0.3, -0.25) is 10.1 Å². The van der Waals surface area contributed by atoms with Gasteiger partial charge in [0, 0.05) is 12.3 Å². The van der Waals surface area contributed by atoms with E-state index >= 15 is 0 Å². The number of para-hydroxylation sites is 2. The summed E-state index contributed by atoms with van der Waals surface area (Å²) >= 11 is 1.50. The summed E-state index contributed by atoms with van der Waals surface area (Å²) < 4.78 is 0. The molecule has 0 atom stereocenters. The third-order valence-corrected chi connectivity index (χ3v) is 2.46. The Morgan fingerprint density at radius 1 is 1.36 bits per heavy atom. The maximum absolute atomic E-state index is 10.7. The van der Waals surface area contributed by atoms with E-state index in [-0.39, 0.29) is 10.6 Å². The average molecular weight is 207 g/mol. The van der Waals surface area contributed by atoms with E-state index in [2.05, 4.69) is 0 Å². The molecule has 0 fully saturated rings. The number of hydrogen-bond acceptors (Lipinski definition) is 4. The van der Waals surface area contributed by atoms with Crippen molar-refractivity contribution in [3.8, 4) is 0 Å². The van der Waals surface area contributed by atoms with Crippen LogP contribution in [0, 0.1) is 16.0 Å². The lowest BCUT2D eigenvalue weighted by atomic mass is 10.2. The van der Waals surface area contributed by atoms with Gasteiger partial charge in [0.05, 0.1) is 4.92 Å². The van der Waals surface area contributed by atoms with Crippen LogP contribution in [-0.2, 0) is 0 Å². The summed E-state index contributed by atoms with van der Waals surface area (Å²) in [7, 11) is 0. The summed E-state index contributed by atoms with van der Waals surface area (Å²) in [4.78, 5) is 12.1. The molecule has 71 valence electrons. The summed E-state index contributed by atoms with van der Waals surface area (Å²) in [5, 5.41) is 12.6. The van der Waals surface area contributed by atoms with E-state index in [9.17, 15) is 10.1 Å². The Kier molecular flexibility index (Phi) is 2.41. The fourth-order valence-corrected chi connectivity index (χ4v) is 1.80. The first kappa shape index (κ1) is 9.08. The van der Waals surface area contributed by atoms with Crippen LogP contribution in [0.4, 0.5) is 11.4 Å². The van der Waals surface area contributed by atoms with E-state index in [0.717, 1.165) is 0 Å². The molecule has 1 aliphatic heterocycles. The molecule has 0 aromatic heterocycles. The van der Waals surface area contributed by atoms with Crippen LogP contribution < -0.4 is 4.90 Å². The zero-order valence-corrected chi connectivity index (χ0v) is 7.98. The molecule has 1 aromatic carbocycles. The standard InChI is InChI=1S/C9H7N2O2S/c12-11(13)9-4-2-1-3-8(9)10-5-6-14-7-10/h1-7H. The highest BCUT2D eigenvalue weighted by Gasteiger charge is 2.18. The summed E-state index contributed by atoms with van der Waals surface area (Å²) in [6.45, 7) is 0. The van der Waals surface area contributed by atoms with Crippen molar-refractivity contribution >= 4 is 23.1 Å². The predicted octanol–water partition coefficient (Wildman–Crippen LogP) is 2.74. The lowest BCUT2D eigenvalue weighted by Gasteiger charge is -2.13. The number of nitrogens with zero attached hydrogens (tertiary/aromatic N) is 2. The first-order chi connectivity index (χ1) is 6.79. The van der Waals surface area contributed by atoms with Crippen molar-refractivity contribution in [1.29, 1.82) is 0 Å². The molecule has 0 bridgehead atoms. The number of rotatable bonds is 2. The minimum atomic E-state index is -0.375. The quantitative estimate of drug-likeness (QED) is 0.552. The maximum Gasteiger partial charge on any atom is 0.292 e. The molecular weight excluding hydrogens is 200 g/mol. The van der Waals surface area contributed by atoms with Crippen molar-refractivity contribution in [2.45, 2.75) is 0 Å². The Labute approximate surface area is 85.4 Å². The average Bonchev–Trinajstić information content (AvgIpc) is 2.70. The highest BCUT2D eigenvalue weighted by molar-refractivity contribution is 8.04. The monoisotopic (exact) mass is 207 g/mol. The van der Waals surface area contributed by atoms with Crippen LogP contribution in [0.15, 0.2) is 35.9 Å². The molecule has 0 N–H and O–H groups in total. The van der Waals surface area contributed by atoms with Gasteiger partial charge in [0.15, 0.2) is 0 Å². The fraction of sp³-hybridized carbons (Fsp3) is 0. The molecule has 1 aromatic rings. The molecule has 2 rings (SSSR count). The van der Waals surface area contributed by atoms with Crippen LogP contribution in [0.2, 0.25) is 0 Å². The fourth-order valence-electron chi connectivity index (χ4n) is 1.21. The highest BCUT2D eigenvalue weighted by Crippen LogP contribution is 2.33. The Hall–Kier alpha value is -1.49. The van der Waals surface area contributed by atoms with Gasteiger partial charge < -0.3 is 4.90 Å². The number of anilines is 1. The molecule has 1 aliphatic rings. The molecular formula is C9H7N2O2S. The largest absolute Gasteiger partial charge is 0.326 e. The molecule has 5 heteroatoms. The van der Waals surface area contributed by atoms with E-state index in [1.54, 1.807) is 29.3 Å². The van der Waals surface area contributed by atoms with Crippen molar-refractivity contribution in [1.82, 2.24) is 0 Å². The highest BCUT2D eigenvalue weighted by atomic mass is 32.2. The molecule has 1 heterocycles. The normalized spacial score (nSPS) is 14.7. The lowest BCUT2D eigenvalue weighted by molar-refractivity contribution is -0.384. The Morgan fingerprint density at radius 2 is 2.14 bits per heavy atom. The van der Waals surface area contributed by atoms with Gasteiger partial charge in [-0.1, -0.05) is 12.1 Å².